The van der Waals surface area contributed by atoms with Crippen LogP contribution in [0.25, 0.3) is 0 Å². The lowest BCUT2D eigenvalue weighted by molar-refractivity contribution is 0.604. The lowest BCUT2D eigenvalue weighted by Gasteiger charge is -2.17. The molecule has 0 radical (unpaired) electrons. The molecule has 0 aliphatic rings. The Morgan fingerprint density at radius 3 is 2.50 bits per heavy atom. The summed E-state index contributed by atoms with van der Waals surface area (Å²) in [5.74, 6) is 0. The topological polar surface area (TPSA) is 29.9 Å². The fraction of sp³-hybridized carbons (Fsp3) is 0.357. The van der Waals surface area contributed by atoms with Crippen molar-refractivity contribution in [2.75, 3.05) is 7.05 Å². The summed E-state index contributed by atoms with van der Waals surface area (Å²) in [7, 11) is 3.94. The summed E-state index contributed by atoms with van der Waals surface area (Å²) in [6.45, 7) is 2.11. The molecule has 1 aromatic heterocycles. The van der Waals surface area contributed by atoms with E-state index in [0.717, 1.165) is 22.8 Å². The van der Waals surface area contributed by atoms with E-state index in [1.54, 1.807) is 0 Å². The van der Waals surface area contributed by atoms with Gasteiger partial charge in [0, 0.05) is 12.1 Å². The number of hydrogen-bond donors (Lipinski definition) is 1. The van der Waals surface area contributed by atoms with Crippen LogP contribution in [0.3, 0.4) is 0 Å². The van der Waals surface area contributed by atoms with E-state index in [9.17, 15) is 0 Å². The lowest BCUT2D eigenvalue weighted by atomic mass is 10.0. The van der Waals surface area contributed by atoms with Crippen LogP contribution in [0.1, 0.15) is 29.9 Å². The first kappa shape index (κ1) is 13.1. The molecule has 1 aromatic carbocycles. The van der Waals surface area contributed by atoms with Gasteiger partial charge in [-0.1, -0.05) is 30.7 Å². The van der Waals surface area contributed by atoms with Crippen LogP contribution in [0.4, 0.5) is 0 Å². The highest BCUT2D eigenvalue weighted by Crippen LogP contribution is 2.23. The van der Waals surface area contributed by atoms with Crippen molar-refractivity contribution >= 4 is 11.6 Å². The molecule has 18 heavy (non-hydrogen) atoms. The number of nitrogens with one attached hydrogen (secondary N) is 1. The Labute approximate surface area is 113 Å². The number of hydrogen-bond acceptors (Lipinski definition) is 2. The average molecular weight is 264 g/mol. The molecule has 0 amide bonds. The normalized spacial score (nSPS) is 12.7. The van der Waals surface area contributed by atoms with Gasteiger partial charge in [-0.25, -0.2) is 0 Å². The second kappa shape index (κ2) is 5.55. The molecule has 2 aromatic rings. The van der Waals surface area contributed by atoms with Crippen molar-refractivity contribution in [1.29, 1.82) is 0 Å². The molecule has 0 spiro atoms. The van der Waals surface area contributed by atoms with Crippen molar-refractivity contribution in [1.82, 2.24) is 15.1 Å². The lowest BCUT2D eigenvalue weighted by Crippen LogP contribution is -2.20. The van der Waals surface area contributed by atoms with E-state index >= 15 is 0 Å². The summed E-state index contributed by atoms with van der Waals surface area (Å²) in [6, 6.07) is 10.2. The predicted octanol–water partition coefficient (Wildman–Crippen LogP) is 2.94. The molecule has 1 heterocycles. The van der Waals surface area contributed by atoms with Crippen LogP contribution in [0.5, 0.6) is 0 Å². The molecule has 3 nitrogen and oxygen atoms in total. The summed E-state index contributed by atoms with van der Waals surface area (Å²) in [6.07, 6.45) is 0.949. The van der Waals surface area contributed by atoms with E-state index in [1.165, 1.54) is 5.56 Å². The molecular weight excluding hydrogens is 246 g/mol. The molecule has 2 rings (SSSR count). The van der Waals surface area contributed by atoms with Crippen LogP contribution in [0.2, 0.25) is 5.02 Å². The van der Waals surface area contributed by atoms with Gasteiger partial charge in [-0.2, -0.15) is 5.10 Å². The van der Waals surface area contributed by atoms with Crippen molar-refractivity contribution in [3.8, 4) is 0 Å². The van der Waals surface area contributed by atoms with Gasteiger partial charge in [0.05, 0.1) is 17.4 Å². The quantitative estimate of drug-likeness (QED) is 0.919. The number of aromatic nitrogens is 2. The minimum atomic E-state index is 0.139. The number of aryl methyl sites for hydroxylation is 2. The number of benzene rings is 1. The summed E-state index contributed by atoms with van der Waals surface area (Å²) in [4.78, 5) is 0. The Morgan fingerprint density at radius 1 is 1.33 bits per heavy atom. The highest BCUT2D eigenvalue weighted by atomic mass is 35.5. The Bertz CT molecular complexity index is 516. The highest BCUT2D eigenvalue weighted by Gasteiger charge is 2.16. The van der Waals surface area contributed by atoms with E-state index in [1.807, 2.05) is 43.0 Å². The van der Waals surface area contributed by atoms with E-state index in [2.05, 4.69) is 23.4 Å². The smallest absolute Gasteiger partial charge is 0.0745 e. The monoisotopic (exact) mass is 263 g/mol. The van der Waals surface area contributed by atoms with Crippen LogP contribution in [-0.2, 0) is 13.5 Å². The Kier molecular flexibility index (Phi) is 4.04. The predicted molar refractivity (Wildman–Crippen MR) is 74.9 cm³/mol. The van der Waals surface area contributed by atoms with Crippen LogP contribution < -0.4 is 5.32 Å². The van der Waals surface area contributed by atoms with E-state index < -0.39 is 0 Å². The van der Waals surface area contributed by atoms with Gasteiger partial charge in [0.25, 0.3) is 0 Å². The van der Waals surface area contributed by atoms with Gasteiger partial charge in [-0.3, -0.25) is 4.68 Å². The summed E-state index contributed by atoms with van der Waals surface area (Å²) in [5, 5.41) is 8.58. The highest BCUT2D eigenvalue weighted by molar-refractivity contribution is 6.30. The third-order valence-corrected chi connectivity index (χ3v) is 3.37. The summed E-state index contributed by atoms with van der Waals surface area (Å²) >= 11 is 5.93. The van der Waals surface area contributed by atoms with Gasteiger partial charge in [0.1, 0.15) is 0 Å². The first-order chi connectivity index (χ1) is 8.65. The first-order valence-corrected chi connectivity index (χ1v) is 6.49. The Morgan fingerprint density at radius 2 is 2.00 bits per heavy atom. The molecule has 0 bridgehead atoms. The number of nitrogens with zero attached hydrogens (tertiary/aromatic N) is 2. The molecule has 0 aliphatic carbocycles. The second-order valence-electron chi connectivity index (χ2n) is 4.31. The van der Waals surface area contributed by atoms with Crippen molar-refractivity contribution in [2.45, 2.75) is 19.4 Å². The SMILES string of the molecule is CCc1cc(C(NC)c2ccc(Cl)cc2)n(C)n1. The summed E-state index contributed by atoms with van der Waals surface area (Å²) in [5.41, 5.74) is 3.46. The van der Waals surface area contributed by atoms with Crippen LogP contribution in [0.15, 0.2) is 30.3 Å². The van der Waals surface area contributed by atoms with E-state index in [4.69, 9.17) is 11.6 Å². The standard InChI is InChI=1S/C14H18ClN3/c1-4-12-9-13(18(3)17-12)14(16-2)10-5-7-11(15)8-6-10/h5-9,14,16H,4H2,1-3H3. The van der Waals surface area contributed by atoms with Gasteiger partial charge < -0.3 is 5.32 Å². The van der Waals surface area contributed by atoms with Gasteiger partial charge in [0.2, 0.25) is 0 Å². The summed E-state index contributed by atoms with van der Waals surface area (Å²) < 4.78 is 1.94. The molecule has 0 saturated carbocycles. The van der Waals surface area contributed by atoms with Crippen LogP contribution in [0, 0.1) is 0 Å². The molecule has 1 unspecified atom stereocenters. The van der Waals surface area contributed by atoms with Crippen molar-refractivity contribution in [2.24, 2.45) is 7.05 Å². The van der Waals surface area contributed by atoms with Crippen LogP contribution in [-0.4, -0.2) is 16.8 Å². The maximum atomic E-state index is 5.93. The minimum absolute atomic E-state index is 0.139. The molecule has 0 aliphatic heterocycles. The maximum absolute atomic E-state index is 5.93. The van der Waals surface area contributed by atoms with Crippen molar-refractivity contribution in [3.63, 3.8) is 0 Å². The van der Waals surface area contributed by atoms with Crippen molar-refractivity contribution in [3.05, 3.63) is 52.3 Å². The fourth-order valence-electron chi connectivity index (χ4n) is 2.13. The third-order valence-electron chi connectivity index (χ3n) is 3.12. The zero-order valence-corrected chi connectivity index (χ0v) is 11.7. The second-order valence-corrected chi connectivity index (χ2v) is 4.75. The third kappa shape index (κ3) is 2.57. The molecule has 1 N–H and O–H groups in total. The zero-order chi connectivity index (χ0) is 13.1. The van der Waals surface area contributed by atoms with Gasteiger partial charge >= 0.3 is 0 Å². The molecule has 0 saturated heterocycles. The number of halogens is 1. The fourth-order valence-corrected chi connectivity index (χ4v) is 2.25. The molecule has 4 heteroatoms. The molecule has 0 fully saturated rings. The van der Waals surface area contributed by atoms with Gasteiger partial charge in [-0.05, 0) is 37.2 Å². The van der Waals surface area contributed by atoms with E-state index in [0.29, 0.717) is 0 Å². The van der Waals surface area contributed by atoms with Crippen molar-refractivity contribution < 1.29 is 0 Å². The Balaban J connectivity index is 2.38. The van der Waals surface area contributed by atoms with E-state index in [-0.39, 0.29) is 6.04 Å². The maximum Gasteiger partial charge on any atom is 0.0745 e. The number of rotatable bonds is 4. The largest absolute Gasteiger partial charge is 0.308 e. The molecule has 96 valence electrons. The average Bonchev–Trinajstić information content (AvgIpc) is 2.74. The zero-order valence-electron chi connectivity index (χ0n) is 10.9. The minimum Gasteiger partial charge on any atom is -0.308 e. The van der Waals surface area contributed by atoms with Gasteiger partial charge in [0.15, 0.2) is 0 Å². The van der Waals surface area contributed by atoms with Crippen LogP contribution >= 0.6 is 11.6 Å². The molecule has 1 atom stereocenters. The Hall–Kier alpha value is -1.32. The first-order valence-electron chi connectivity index (χ1n) is 6.11. The van der Waals surface area contributed by atoms with Gasteiger partial charge in [-0.15, -0.1) is 0 Å². The molecular formula is C14H18ClN3.